The zero-order chi connectivity index (χ0) is 123. The summed E-state index contributed by atoms with van der Waals surface area (Å²) in [4.78, 5) is 55.2. The number of benzene rings is 8. The highest BCUT2D eigenvalue weighted by Crippen LogP contribution is 2.37. The van der Waals surface area contributed by atoms with Crippen LogP contribution in [0.3, 0.4) is 0 Å². The third-order valence-corrected chi connectivity index (χ3v) is 16.3. The zero-order valence-electron chi connectivity index (χ0n) is 107. The maximum Gasteiger partial charge on any atom is 0.416 e. The van der Waals surface area contributed by atoms with E-state index in [1.165, 1.54) is 18.2 Å². The second-order valence-electron chi connectivity index (χ2n) is 21.1. The Morgan fingerprint density at radius 3 is 1.80 bits per heavy atom. The van der Waals surface area contributed by atoms with E-state index in [0.717, 1.165) is 85.8 Å². The second kappa shape index (κ2) is 35.1. The first-order chi connectivity index (χ1) is 71.8. The minimum atomic E-state index is -5.65. The van der Waals surface area contributed by atoms with Crippen molar-refractivity contribution in [1.82, 2.24) is 28.7 Å². The van der Waals surface area contributed by atoms with Gasteiger partial charge in [-0.05, 0) is 133 Å². The van der Waals surface area contributed by atoms with Gasteiger partial charge in [0.1, 0.15) is 13.0 Å². The van der Waals surface area contributed by atoms with E-state index < -0.39 is 385 Å². The molecule has 2 saturated heterocycles. The molecule has 2 amide bonds. The summed E-state index contributed by atoms with van der Waals surface area (Å²) in [7, 11) is -7.95. The third kappa shape index (κ3) is 19.2. The van der Waals surface area contributed by atoms with Crippen LogP contribution in [0.5, 0.6) is 0 Å². The Hall–Kier alpha value is -9.04. The quantitative estimate of drug-likeness (QED) is 0.0428. The summed E-state index contributed by atoms with van der Waals surface area (Å²) in [6.07, 6.45) is -30.6. The number of aromatic nitrogens is 2. The number of likely N-dealkylation sites (tertiary alicyclic amines) is 2. The number of carbonyl (C=O) groups is 2. The van der Waals surface area contributed by atoms with E-state index in [9.17, 15) is 72.4 Å². The smallest absolute Gasteiger partial charge is 0.383 e. The molecule has 12 nitrogen and oxygen atoms in total. The molecule has 4 heterocycles. The van der Waals surface area contributed by atoms with E-state index in [0.29, 0.717) is 23.3 Å². The molecule has 12 rings (SSSR count). The van der Waals surface area contributed by atoms with E-state index in [1.54, 1.807) is 0 Å². The number of thioether (sulfide) groups is 2. The van der Waals surface area contributed by atoms with Crippen molar-refractivity contribution >= 4 is 57.1 Å². The van der Waals surface area contributed by atoms with Crippen molar-refractivity contribution in [2.24, 2.45) is 0 Å². The molecule has 0 radical (unpaired) electrons. The molecule has 0 N–H and O–H groups in total. The fraction of sp³-hybridized carbons (Fsp3) is 0.317. The topological polar surface area (TPSA) is 110 Å². The number of fused-ring (bicyclic) bond motifs is 2. The Morgan fingerprint density at radius 1 is 0.604 bits per heavy atom. The molecule has 8 aromatic carbocycles. The maximum atomic E-state index is 16.2. The van der Waals surface area contributed by atoms with Gasteiger partial charge in [-0.25, -0.2) is 17.6 Å². The molecule has 106 heavy (non-hydrogen) atoms. The lowest BCUT2D eigenvalue weighted by atomic mass is 9.96. The highest BCUT2D eigenvalue weighted by Gasteiger charge is 2.35. The van der Waals surface area contributed by atoms with E-state index in [1.807, 2.05) is 0 Å². The number of amides is 2. The lowest BCUT2D eigenvalue weighted by Gasteiger charge is -2.42. The molecular formula is C82H80F10N6O6S2. The summed E-state index contributed by atoms with van der Waals surface area (Å²) in [6, 6.07) is -22.1. The number of methoxy groups -OCH3 is 2. The fourth-order valence-electron chi connectivity index (χ4n) is 9.29. The monoisotopic (exact) mass is 1550 g/mol. The molecule has 2 aliphatic heterocycles. The molecule has 1 atom stereocenters. The Morgan fingerprint density at radius 2 is 1.17 bits per heavy atom. The van der Waals surface area contributed by atoms with Crippen molar-refractivity contribution in [2.45, 2.75) is 111 Å². The van der Waals surface area contributed by atoms with Crippen molar-refractivity contribution in [3.63, 3.8) is 0 Å². The summed E-state index contributed by atoms with van der Waals surface area (Å²) >= 11 is 0.105. The number of piperidine rings is 2. The van der Waals surface area contributed by atoms with Gasteiger partial charge in [-0.15, -0.1) is 23.5 Å². The van der Waals surface area contributed by atoms with Gasteiger partial charge in [-0.2, -0.15) is 26.3 Å². The van der Waals surface area contributed by atoms with E-state index in [-0.39, 0.29) is 33.8 Å². The number of pyridine rings is 2. The first-order valence-corrected chi connectivity index (χ1v) is 31.5. The van der Waals surface area contributed by atoms with Gasteiger partial charge >= 0.3 is 12.4 Å². The lowest BCUT2D eigenvalue weighted by Crippen LogP contribution is -2.49. The number of nitrogens with zero attached hydrogens (tertiary/aromatic N) is 6. The number of rotatable bonds is 24. The van der Waals surface area contributed by atoms with Crippen LogP contribution in [-0.2, 0) is 62.4 Å². The first-order valence-electron chi connectivity index (χ1n) is 56.5. The normalized spacial score (nSPS) is 27.8. The van der Waals surface area contributed by atoms with Crippen LogP contribution in [0.1, 0.15) is 151 Å². The molecule has 556 valence electrons. The van der Waals surface area contributed by atoms with Crippen LogP contribution in [0.2, 0.25) is 0 Å². The molecule has 2 aliphatic rings. The number of ether oxygens (including phenoxy) is 2. The molecular weight excluding hydrogens is 1420 g/mol. The Bertz CT molecular complexity index is 7570. The number of halogens is 10. The van der Waals surface area contributed by atoms with Crippen LogP contribution >= 0.6 is 23.5 Å². The zero-order valence-corrected chi connectivity index (χ0v) is 55.0. The van der Waals surface area contributed by atoms with Crippen LogP contribution in [-0.4, -0.2) is 119 Å². The fourth-order valence-corrected chi connectivity index (χ4v) is 11.2. The average Bonchev–Trinajstić information content (AvgIpc) is 0.650. The second-order valence-corrected chi connectivity index (χ2v) is 23.0. The van der Waals surface area contributed by atoms with E-state index >= 15 is 14.0 Å². The van der Waals surface area contributed by atoms with Crippen LogP contribution in [0.25, 0.3) is 44.1 Å². The third-order valence-electron chi connectivity index (χ3n) is 14.3. The van der Waals surface area contributed by atoms with Gasteiger partial charge in [0.05, 0.1) is 98.0 Å². The SMILES string of the molecule is [2H]C([2H])([2H])OC([2H])([2H])C([2H])([2H])N1C([2H])([2H])C([2H])([2H])C([2H])(N(C(=O)C([2H])([2H])n2c(SCc3cccc(F)c3F)cc(=O)c3ccccc32)C([2H])(C)c2ccc(-c3ccc(C(F)(F)F)cc3)cc2)C([2H])([2H])C1([2H])[2H].[2H]c1c([2H])c(F)c(F)c(CSc2c([2H])c(=O)c3c([2H])c(C)c([2H])c([2H])c3n2C([2H])([2H])C(=O)N(C([2H])([2H])c2c([2H])c([2H])c(-c3c([2H])c([2H])c(C(F)(F)F)c([2H])c3[2H])c([2H])c2[2H])C2([2H])C([2H])([2H])C([2H])([2H])N(C([2H])([2H])C([2H])([2H])OC([2H])([2H])[2H])C([2H])([2H])C2([2H])[2H])c1[2H]. The molecule has 0 saturated carbocycles. The minimum Gasteiger partial charge on any atom is -0.383 e. The highest BCUT2D eigenvalue weighted by molar-refractivity contribution is 7.98. The van der Waals surface area contributed by atoms with Gasteiger partial charge < -0.3 is 38.2 Å². The minimum absolute atomic E-state index is 0.121. The molecule has 0 bridgehead atoms. The molecule has 1 unspecified atom stereocenters. The Balaban J connectivity index is 0.000000307. The van der Waals surface area contributed by atoms with Crippen molar-refractivity contribution in [1.29, 1.82) is 0 Å². The number of hydrogen-bond donors (Lipinski definition) is 0. The van der Waals surface area contributed by atoms with Gasteiger partial charge in [0, 0.05) is 145 Å². The van der Waals surface area contributed by atoms with E-state index in [4.69, 9.17) is 50.7 Å². The number of para-hydroxylation sites is 1. The maximum absolute atomic E-state index is 16.2. The van der Waals surface area contributed by atoms with Crippen molar-refractivity contribution in [2.75, 3.05) is 66.2 Å². The first kappa shape index (κ1) is 34.5. The van der Waals surface area contributed by atoms with Gasteiger partial charge in [0.25, 0.3) is 0 Å². The summed E-state index contributed by atoms with van der Waals surface area (Å²) in [6.45, 7) is -50.9. The van der Waals surface area contributed by atoms with Gasteiger partial charge in [-0.3, -0.25) is 19.2 Å². The number of carbonyl (C=O) groups excluding carboxylic acids is 2. The summed E-state index contributed by atoms with van der Waals surface area (Å²) in [5.74, 6) is -14.5. The molecule has 0 aliphatic carbocycles. The molecule has 2 aromatic heterocycles. The number of alkyl halides is 6. The molecule has 10 aromatic rings. The van der Waals surface area contributed by atoms with Crippen LogP contribution < -0.4 is 10.9 Å². The van der Waals surface area contributed by atoms with Gasteiger partial charge in [0.15, 0.2) is 34.1 Å². The Labute approximate surface area is 692 Å². The van der Waals surface area contributed by atoms with Crippen LogP contribution in [0.4, 0.5) is 43.9 Å². The average molecular weight is 1550 g/mol. The standard InChI is InChI=1S/2C41H40F5N3O3S/c1-27(28-10-12-29(13-11-28)30-14-16-32(17-15-30)41(44,45)46)49(33-18-20-47(21-19-33)22-23-52-2)38(51)25-48-36-9-4-3-7-34(36)37(50)24-39(48)53-26-31-6-5-8-35(42)40(31)43;1-27-6-15-36-34(22-27)37(50)23-39(53-26-31-4-3-5-35(42)40(31)43)49(36)25-38(51)48(33-16-18-47(19-17-33)20-21-52-2)24-28-7-9-29(10-8-28)30-11-13-32(14-12-30)41(44,45)46/h3-17,24,27,33H,18-23,25-26H2,1-2H3;3-15,22-23,33H,16-21,24-26H2,1-2H3/i2D3,18D2,19D2,20D2,21D2,22D2,23D2,25D2,27D,33D;2D3,3D,4D,5D,6D,7D,8D,9D,10D,11D,12D,13D,14D,15D,16D2,17D2,18D2,19D2,20D2,21D2,22D,23D,24D2,25D2,33D. The van der Waals surface area contributed by atoms with Crippen LogP contribution in [0, 0.1) is 30.2 Å². The number of hydrogen-bond acceptors (Lipinski definition) is 10. The van der Waals surface area contributed by atoms with Crippen molar-refractivity contribution in [3.05, 3.63) is 270 Å². The van der Waals surface area contributed by atoms with Crippen molar-refractivity contribution < 1.29 is 137 Å². The van der Waals surface area contributed by atoms with Gasteiger partial charge in [-0.1, -0.05) is 121 Å². The van der Waals surface area contributed by atoms with Crippen LogP contribution in [0.15, 0.2) is 207 Å². The summed E-state index contributed by atoms with van der Waals surface area (Å²) < 4.78 is 624. The largest absolute Gasteiger partial charge is 0.416 e. The lowest BCUT2D eigenvalue weighted by molar-refractivity contribution is -0.138. The predicted molar refractivity (Wildman–Crippen MR) is 395 cm³/mol. The molecule has 24 heteroatoms. The van der Waals surface area contributed by atoms with Gasteiger partial charge in [0.2, 0.25) is 11.8 Å². The van der Waals surface area contributed by atoms with Crippen molar-refractivity contribution in [3.8, 4) is 22.3 Å². The summed E-state index contributed by atoms with van der Waals surface area (Å²) in [5.41, 5.74) is -15.8. The highest BCUT2D eigenvalue weighted by atomic mass is 32.2. The predicted octanol–water partition coefficient (Wildman–Crippen LogP) is 17.7. The molecule has 2 fully saturated rings. The molecule has 0 spiro atoms. The summed E-state index contributed by atoms with van der Waals surface area (Å²) in [5, 5.41) is -3.80. The van der Waals surface area contributed by atoms with E-state index in [2.05, 4.69) is 9.47 Å². The Kier molecular flexibility index (Phi) is 11.4.